The number of nitrogens with zero attached hydrogens (tertiary/aromatic N) is 3. The zero-order valence-corrected chi connectivity index (χ0v) is 21.0. The van der Waals surface area contributed by atoms with Gasteiger partial charge in [0.15, 0.2) is 5.82 Å². The Morgan fingerprint density at radius 2 is 1.89 bits per heavy atom. The van der Waals surface area contributed by atoms with Gasteiger partial charge in [-0.3, -0.25) is 14.3 Å². The number of aromatic nitrogens is 4. The minimum absolute atomic E-state index is 0.0120. The first kappa shape index (κ1) is 24.3. The van der Waals surface area contributed by atoms with E-state index < -0.39 is 22.9 Å². The Bertz CT molecular complexity index is 1670. The van der Waals surface area contributed by atoms with E-state index in [1.165, 1.54) is 40.3 Å². The van der Waals surface area contributed by atoms with E-state index in [0.29, 0.717) is 27.6 Å². The molecule has 5 aromatic rings. The number of hydrogen-bond donors (Lipinski definition) is 4. The summed E-state index contributed by atoms with van der Waals surface area (Å²) in [4.78, 5) is 25.7. The van der Waals surface area contributed by atoms with Gasteiger partial charge in [-0.25, -0.2) is 9.49 Å². The first-order valence-electron chi connectivity index (χ1n) is 11.3. The monoisotopic (exact) mass is 518 g/mol. The molecule has 188 valence electrons. The zero-order chi connectivity index (χ0) is 26.3. The number of anilines is 3. The van der Waals surface area contributed by atoms with E-state index in [1.54, 1.807) is 33.0 Å². The van der Waals surface area contributed by atoms with Gasteiger partial charge < -0.3 is 15.7 Å². The predicted molar refractivity (Wildman–Crippen MR) is 142 cm³/mol. The molecule has 0 aliphatic rings. The smallest absolute Gasteiger partial charge is 0.287 e. The molecule has 4 N–H and O–H groups in total. The Labute approximate surface area is 214 Å². The van der Waals surface area contributed by atoms with Crippen molar-refractivity contribution in [3.8, 4) is 11.3 Å². The van der Waals surface area contributed by atoms with Gasteiger partial charge in [-0.05, 0) is 55.6 Å². The van der Waals surface area contributed by atoms with Crippen molar-refractivity contribution in [2.24, 2.45) is 7.05 Å². The van der Waals surface area contributed by atoms with Gasteiger partial charge in [-0.1, -0.05) is 18.2 Å². The molecule has 0 aliphatic heterocycles. The van der Waals surface area contributed by atoms with Crippen LogP contribution in [0.3, 0.4) is 0 Å². The molecule has 3 heterocycles. The molecule has 0 bridgehead atoms. The summed E-state index contributed by atoms with van der Waals surface area (Å²) < 4.78 is 17.1. The summed E-state index contributed by atoms with van der Waals surface area (Å²) in [6, 6.07) is 16.7. The summed E-state index contributed by atoms with van der Waals surface area (Å²) in [5, 5.41) is 27.6. The van der Waals surface area contributed by atoms with Crippen molar-refractivity contribution in [2.45, 2.75) is 19.4 Å². The van der Waals surface area contributed by atoms with Gasteiger partial charge in [-0.2, -0.15) is 10.2 Å². The van der Waals surface area contributed by atoms with Crippen LogP contribution in [0, 0.1) is 5.82 Å². The second-order valence-electron chi connectivity index (χ2n) is 9.02. The molecule has 11 heteroatoms. The minimum atomic E-state index is -1.12. The van der Waals surface area contributed by atoms with E-state index in [4.69, 9.17) is 0 Å². The summed E-state index contributed by atoms with van der Waals surface area (Å²) in [5.74, 6) is -0.668. The van der Waals surface area contributed by atoms with Crippen molar-refractivity contribution < 1.29 is 14.3 Å². The number of carbonyl (C=O) groups excluding carboxylic acids is 1. The van der Waals surface area contributed by atoms with Crippen molar-refractivity contribution in [1.82, 2.24) is 20.0 Å². The third kappa shape index (κ3) is 4.99. The van der Waals surface area contributed by atoms with Crippen LogP contribution in [0.15, 0.2) is 65.5 Å². The third-order valence-corrected chi connectivity index (χ3v) is 6.85. The lowest BCUT2D eigenvalue weighted by molar-refractivity contribution is 0.0695. The molecular formula is C26H23FN6O3S. The highest BCUT2D eigenvalue weighted by molar-refractivity contribution is 7.20. The molecule has 0 unspecified atom stereocenters. The molecule has 0 saturated carbocycles. The molecule has 37 heavy (non-hydrogen) atoms. The fourth-order valence-electron chi connectivity index (χ4n) is 3.94. The highest BCUT2D eigenvalue weighted by Gasteiger charge is 2.22. The van der Waals surface area contributed by atoms with Crippen LogP contribution in [0.4, 0.5) is 21.6 Å². The number of aliphatic hydroxyl groups is 1. The number of rotatable bonds is 6. The summed E-state index contributed by atoms with van der Waals surface area (Å²) in [5.41, 5.74) is -0.0865. The lowest BCUT2D eigenvalue weighted by Crippen LogP contribution is -2.19. The van der Waals surface area contributed by atoms with E-state index in [9.17, 15) is 19.1 Å². The number of nitrogens with one attached hydrogen (secondary N) is 3. The molecular weight excluding hydrogens is 495 g/mol. The van der Waals surface area contributed by atoms with Gasteiger partial charge in [0.05, 0.1) is 22.0 Å². The molecule has 5 rings (SSSR count). The Hall–Kier alpha value is -4.35. The maximum Gasteiger partial charge on any atom is 0.287 e. The van der Waals surface area contributed by atoms with Crippen molar-refractivity contribution in [3.63, 3.8) is 0 Å². The second kappa shape index (κ2) is 9.26. The standard InChI is InChI=1S/C26H23FN6O3S/c1-26(2,36)22-13-23(32-33(22)3)28-19-12-17(30-31-24(19)34)14-8-9-16(27)18(10-14)29-25(35)21-11-15-6-4-5-7-20(15)37-21/h4-13,36H,1-3H3,(H,29,35)(H,31,34)(H,28,30,32). The Morgan fingerprint density at radius 1 is 1.11 bits per heavy atom. The average Bonchev–Trinajstić information content (AvgIpc) is 3.45. The van der Waals surface area contributed by atoms with E-state index in [0.717, 1.165) is 10.1 Å². The van der Waals surface area contributed by atoms with Gasteiger partial charge in [0.25, 0.3) is 11.5 Å². The molecule has 0 spiro atoms. The van der Waals surface area contributed by atoms with Crippen molar-refractivity contribution in [3.05, 3.63) is 87.4 Å². The van der Waals surface area contributed by atoms with E-state index >= 15 is 0 Å². The quantitative estimate of drug-likeness (QED) is 0.257. The third-order valence-electron chi connectivity index (χ3n) is 5.73. The van der Waals surface area contributed by atoms with Crippen molar-refractivity contribution in [2.75, 3.05) is 10.6 Å². The van der Waals surface area contributed by atoms with Crippen LogP contribution in [0.25, 0.3) is 21.3 Å². The van der Waals surface area contributed by atoms with Gasteiger partial charge in [0.1, 0.15) is 17.1 Å². The number of amides is 1. The van der Waals surface area contributed by atoms with Gasteiger partial charge in [0.2, 0.25) is 0 Å². The molecule has 0 fully saturated rings. The highest BCUT2D eigenvalue weighted by atomic mass is 32.1. The van der Waals surface area contributed by atoms with Crippen LogP contribution >= 0.6 is 11.3 Å². The number of fused-ring (bicyclic) bond motifs is 1. The maximum absolute atomic E-state index is 14.6. The molecule has 1 amide bonds. The fraction of sp³-hybridized carbons (Fsp3) is 0.154. The topological polar surface area (TPSA) is 125 Å². The van der Waals surface area contributed by atoms with Crippen LogP contribution in [-0.2, 0) is 12.6 Å². The predicted octanol–water partition coefficient (Wildman–Crippen LogP) is 4.75. The summed E-state index contributed by atoms with van der Waals surface area (Å²) >= 11 is 1.32. The Balaban J connectivity index is 1.41. The number of aromatic amines is 1. The fourth-order valence-corrected chi connectivity index (χ4v) is 4.90. The van der Waals surface area contributed by atoms with Gasteiger partial charge in [-0.15, -0.1) is 11.3 Å². The summed E-state index contributed by atoms with van der Waals surface area (Å²) in [6.07, 6.45) is 0. The van der Waals surface area contributed by atoms with Crippen LogP contribution in [0.2, 0.25) is 0 Å². The number of thiophene rings is 1. The van der Waals surface area contributed by atoms with Crippen molar-refractivity contribution in [1.29, 1.82) is 0 Å². The zero-order valence-electron chi connectivity index (χ0n) is 20.2. The lowest BCUT2D eigenvalue weighted by atomic mass is 10.1. The van der Waals surface area contributed by atoms with Crippen LogP contribution in [0.1, 0.15) is 29.2 Å². The number of benzene rings is 2. The normalized spacial score (nSPS) is 11.6. The number of H-pyrrole nitrogens is 1. The first-order chi connectivity index (χ1) is 17.6. The number of aryl methyl sites for hydroxylation is 1. The van der Waals surface area contributed by atoms with Gasteiger partial charge >= 0.3 is 0 Å². The van der Waals surface area contributed by atoms with Crippen LogP contribution in [-0.4, -0.2) is 31.0 Å². The molecule has 2 aromatic carbocycles. The van der Waals surface area contributed by atoms with E-state index in [2.05, 4.69) is 25.9 Å². The molecule has 3 aromatic heterocycles. The molecule has 0 atom stereocenters. The molecule has 9 nitrogen and oxygen atoms in total. The van der Waals surface area contributed by atoms with Crippen molar-refractivity contribution >= 4 is 44.5 Å². The number of carbonyl (C=O) groups is 1. The number of halogens is 1. The highest BCUT2D eigenvalue weighted by Crippen LogP contribution is 2.29. The van der Waals surface area contributed by atoms with Crippen LogP contribution < -0.4 is 16.2 Å². The Kier molecular flexibility index (Phi) is 6.10. The second-order valence-corrected chi connectivity index (χ2v) is 10.1. The minimum Gasteiger partial charge on any atom is -0.384 e. The van der Waals surface area contributed by atoms with Gasteiger partial charge in [0, 0.05) is 23.4 Å². The molecule has 0 saturated heterocycles. The Morgan fingerprint density at radius 3 is 2.62 bits per heavy atom. The first-order valence-corrected chi connectivity index (χ1v) is 12.1. The maximum atomic E-state index is 14.6. The molecule has 0 radical (unpaired) electrons. The largest absolute Gasteiger partial charge is 0.384 e. The van der Waals surface area contributed by atoms with E-state index in [1.807, 2.05) is 24.3 Å². The van der Waals surface area contributed by atoms with E-state index in [-0.39, 0.29) is 11.4 Å². The van der Waals surface area contributed by atoms with Crippen LogP contribution in [0.5, 0.6) is 0 Å². The SMILES string of the molecule is Cn1nc(Nc2cc(-c3ccc(F)c(NC(=O)c4cc5ccccc5s4)c3)n[nH]c2=O)cc1C(C)(C)O. The molecule has 0 aliphatic carbocycles. The summed E-state index contributed by atoms with van der Waals surface area (Å²) in [7, 11) is 1.69. The average molecular weight is 519 g/mol. The summed E-state index contributed by atoms with van der Waals surface area (Å²) in [6.45, 7) is 3.27. The lowest BCUT2D eigenvalue weighted by Gasteiger charge is -2.16. The number of hydrogen-bond acceptors (Lipinski definition) is 7.